The van der Waals surface area contributed by atoms with Crippen molar-refractivity contribution in [2.24, 2.45) is 34.5 Å². The predicted molar refractivity (Wildman–Crippen MR) is 111 cm³/mol. The number of Topliss-reactive ketones (excluding diaryl/α,β-unsaturated/α-hetero) is 1. The van der Waals surface area contributed by atoms with E-state index in [0.29, 0.717) is 55.3 Å². The van der Waals surface area contributed by atoms with Crippen LogP contribution in [0.4, 0.5) is 0 Å². The molecular weight excluding hydrogens is 364 g/mol. The fourth-order valence-electron chi connectivity index (χ4n) is 7.58. The second kappa shape index (κ2) is 7.67. The Labute approximate surface area is 174 Å². The van der Waals surface area contributed by atoms with Gasteiger partial charge in [0.1, 0.15) is 5.78 Å². The Balaban J connectivity index is 1.50. The fraction of sp³-hybridized carbons (Fsp3) is 0.800. The second-order valence-electron chi connectivity index (χ2n) is 10.4. The van der Waals surface area contributed by atoms with Gasteiger partial charge in [0.15, 0.2) is 5.78 Å². The molecule has 0 N–H and O–H groups in total. The van der Waals surface area contributed by atoms with Gasteiger partial charge < -0.3 is 4.74 Å². The van der Waals surface area contributed by atoms with Crippen LogP contribution in [0.2, 0.25) is 0 Å². The zero-order valence-electron chi connectivity index (χ0n) is 18.3. The van der Waals surface area contributed by atoms with Crippen LogP contribution in [0, 0.1) is 34.5 Å². The number of hydrogen-bond acceptors (Lipinski definition) is 4. The van der Waals surface area contributed by atoms with Gasteiger partial charge in [-0.2, -0.15) is 0 Å². The van der Waals surface area contributed by atoms with Crippen LogP contribution in [0.15, 0.2) is 11.6 Å². The summed E-state index contributed by atoms with van der Waals surface area (Å²) in [5, 5.41) is 0. The minimum atomic E-state index is -0.224. The molecule has 4 rings (SSSR count). The van der Waals surface area contributed by atoms with Crippen molar-refractivity contribution in [3.8, 4) is 0 Å². The zero-order valence-corrected chi connectivity index (χ0v) is 18.3. The zero-order chi connectivity index (χ0) is 20.8. The monoisotopic (exact) mass is 400 g/mol. The fourth-order valence-corrected chi connectivity index (χ4v) is 7.58. The molecule has 0 saturated heterocycles. The third-order valence-corrected chi connectivity index (χ3v) is 9.25. The number of allylic oxidation sites excluding steroid dienone is 1. The Bertz CT molecular complexity index is 737. The first-order valence-electron chi connectivity index (χ1n) is 11.7. The molecule has 3 saturated carbocycles. The minimum Gasteiger partial charge on any atom is -0.466 e. The standard InChI is InChI=1S/C25H36O4/c1-4-29-23(28)7-5-6-16-9-11-20-19-10-8-17-14-18(26)12-13-24(17,2)21(19)15-22(27)25(16,20)3/h14,16,19-21H,4-13,15H2,1-3H3. The summed E-state index contributed by atoms with van der Waals surface area (Å²) in [6, 6.07) is 0. The lowest BCUT2D eigenvalue weighted by Crippen LogP contribution is -2.54. The van der Waals surface area contributed by atoms with Gasteiger partial charge in [0, 0.05) is 24.7 Å². The van der Waals surface area contributed by atoms with Gasteiger partial charge in [-0.25, -0.2) is 0 Å². The molecule has 3 fully saturated rings. The highest BCUT2D eigenvalue weighted by atomic mass is 16.5. The van der Waals surface area contributed by atoms with E-state index < -0.39 is 0 Å². The number of hydrogen-bond donors (Lipinski definition) is 0. The Morgan fingerprint density at radius 1 is 1.14 bits per heavy atom. The van der Waals surface area contributed by atoms with Crippen LogP contribution in [0.1, 0.15) is 85.0 Å². The highest BCUT2D eigenvalue weighted by Gasteiger charge is 2.62. The number of ketones is 2. The van der Waals surface area contributed by atoms with E-state index in [9.17, 15) is 14.4 Å². The molecule has 0 aromatic carbocycles. The van der Waals surface area contributed by atoms with E-state index in [1.54, 1.807) is 0 Å². The first-order chi connectivity index (χ1) is 13.8. The molecular formula is C25H36O4. The maximum absolute atomic E-state index is 13.6. The summed E-state index contributed by atoms with van der Waals surface area (Å²) in [6.45, 7) is 6.83. The first-order valence-corrected chi connectivity index (χ1v) is 11.7. The molecule has 6 atom stereocenters. The van der Waals surface area contributed by atoms with Gasteiger partial charge in [0.05, 0.1) is 6.61 Å². The van der Waals surface area contributed by atoms with E-state index in [4.69, 9.17) is 4.74 Å². The third kappa shape index (κ3) is 3.31. The van der Waals surface area contributed by atoms with Crippen molar-refractivity contribution >= 4 is 17.5 Å². The molecule has 0 amide bonds. The largest absolute Gasteiger partial charge is 0.466 e. The Kier molecular flexibility index (Phi) is 5.50. The van der Waals surface area contributed by atoms with Gasteiger partial charge >= 0.3 is 5.97 Å². The van der Waals surface area contributed by atoms with E-state index in [2.05, 4.69) is 13.8 Å². The van der Waals surface area contributed by atoms with Gasteiger partial charge in [-0.3, -0.25) is 14.4 Å². The molecule has 0 bridgehead atoms. The number of fused-ring (bicyclic) bond motifs is 5. The summed E-state index contributed by atoms with van der Waals surface area (Å²) in [4.78, 5) is 37.2. The van der Waals surface area contributed by atoms with Crippen LogP contribution in [0.5, 0.6) is 0 Å². The first kappa shape index (κ1) is 20.8. The molecule has 0 aromatic rings. The molecule has 160 valence electrons. The number of esters is 1. The van der Waals surface area contributed by atoms with Gasteiger partial charge in [-0.05, 0) is 87.0 Å². The predicted octanol–water partition coefficient (Wildman–Crippen LogP) is 5.05. The maximum atomic E-state index is 13.6. The summed E-state index contributed by atoms with van der Waals surface area (Å²) in [6.07, 6.45) is 10.8. The van der Waals surface area contributed by atoms with Gasteiger partial charge in [0.25, 0.3) is 0 Å². The number of rotatable bonds is 5. The van der Waals surface area contributed by atoms with Gasteiger partial charge in [-0.1, -0.05) is 19.4 Å². The van der Waals surface area contributed by atoms with Crippen LogP contribution < -0.4 is 0 Å². The molecule has 6 unspecified atom stereocenters. The lowest BCUT2D eigenvalue weighted by molar-refractivity contribution is -0.147. The van der Waals surface area contributed by atoms with Crippen LogP contribution in [-0.2, 0) is 19.1 Å². The summed E-state index contributed by atoms with van der Waals surface area (Å²) < 4.78 is 5.06. The second-order valence-corrected chi connectivity index (χ2v) is 10.4. The van der Waals surface area contributed by atoms with E-state index in [1.165, 1.54) is 5.57 Å². The highest BCUT2D eigenvalue weighted by Crippen LogP contribution is 2.65. The molecule has 0 spiro atoms. The molecule has 0 heterocycles. The van der Waals surface area contributed by atoms with Crippen molar-refractivity contribution in [3.63, 3.8) is 0 Å². The molecule has 4 nitrogen and oxygen atoms in total. The van der Waals surface area contributed by atoms with E-state index in [0.717, 1.165) is 44.9 Å². The number of carbonyl (C=O) groups is 3. The average Bonchev–Trinajstić information content (AvgIpc) is 3.02. The minimum absolute atomic E-state index is 0.0375. The number of carbonyl (C=O) groups excluding carboxylic acids is 3. The number of ether oxygens (including phenoxy) is 1. The normalized spacial score (nSPS) is 41.3. The van der Waals surface area contributed by atoms with Crippen molar-refractivity contribution in [1.82, 2.24) is 0 Å². The van der Waals surface area contributed by atoms with Gasteiger partial charge in [0.2, 0.25) is 0 Å². The summed E-state index contributed by atoms with van der Waals surface area (Å²) >= 11 is 0. The average molecular weight is 401 g/mol. The third-order valence-electron chi connectivity index (χ3n) is 9.25. The van der Waals surface area contributed by atoms with Crippen molar-refractivity contribution in [1.29, 1.82) is 0 Å². The molecule has 0 radical (unpaired) electrons. The van der Waals surface area contributed by atoms with Crippen molar-refractivity contribution in [2.45, 2.75) is 85.0 Å². The quantitative estimate of drug-likeness (QED) is 0.606. The van der Waals surface area contributed by atoms with Crippen LogP contribution in [0.25, 0.3) is 0 Å². The van der Waals surface area contributed by atoms with Crippen LogP contribution >= 0.6 is 0 Å². The summed E-state index contributed by atoms with van der Waals surface area (Å²) in [5.41, 5.74) is 1.13. The van der Waals surface area contributed by atoms with E-state index in [-0.39, 0.29) is 22.6 Å². The lowest BCUT2D eigenvalue weighted by Gasteiger charge is -2.57. The van der Waals surface area contributed by atoms with E-state index >= 15 is 0 Å². The molecule has 0 aromatic heterocycles. The molecule has 4 aliphatic carbocycles. The Morgan fingerprint density at radius 2 is 1.93 bits per heavy atom. The lowest BCUT2D eigenvalue weighted by atomic mass is 9.46. The van der Waals surface area contributed by atoms with Crippen LogP contribution in [-0.4, -0.2) is 24.1 Å². The van der Waals surface area contributed by atoms with E-state index in [1.807, 2.05) is 13.0 Å². The smallest absolute Gasteiger partial charge is 0.305 e. The SMILES string of the molecule is CCOC(=O)CCCC1CCC2C3CCC4=CC(=O)CCC4(C)C3CC(=O)C12C. The maximum Gasteiger partial charge on any atom is 0.305 e. The molecule has 29 heavy (non-hydrogen) atoms. The molecule has 4 heteroatoms. The molecule has 0 aliphatic heterocycles. The highest BCUT2D eigenvalue weighted by molar-refractivity contribution is 5.92. The molecule has 4 aliphatic rings. The van der Waals surface area contributed by atoms with Crippen molar-refractivity contribution in [2.75, 3.05) is 6.61 Å². The van der Waals surface area contributed by atoms with Gasteiger partial charge in [-0.15, -0.1) is 0 Å². The topological polar surface area (TPSA) is 60.4 Å². The summed E-state index contributed by atoms with van der Waals surface area (Å²) in [5.74, 6) is 2.47. The summed E-state index contributed by atoms with van der Waals surface area (Å²) in [7, 11) is 0. The van der Waals surface area contributed by atoms with Crippen LogP contribution in [0.3, 0.4) is 0 Å². The van der Waals surface area contributed by atoms with Crippen molar-refractivity contribution in [3.05, 3.63) is 11.6 Å². The Hall–Kier alpha value is -1.45. The Morgan fingerprint density at radius 3 is 2.69 bits per heavy atom. The van der Waals surface area contributed by atoms with Crippen molar-refractivity contribution < 1.29 is 19.1 Å².